The molecule has 0 bridgehead atoms. The van der Waals surface area contributed by atoms with Crippen LogP contribution in [0.15, 0.2) is 24.3 Å². The molecule has 1 atom stereocenters. The number of benzene rings is 1. The van der Waals surface area contributed by atoms with E-state index in [0.717, 1.165) is 0 Å². The number of ether oxygens (including phenoxy) is 2. The maximum absolute atomic E-state index is 11.9. The normalized spacial score (nSPS) is 22.1. The van der Waals surface area contributed by atoms with Crippen molar-refractivity contribution in [3.8, 4) is 5.75 Å². The Kier molecular flexibility index (Phi) is 2.75. The number of carbonyl (C=O) groups excluding carboxylic acids is 2. The van der Waals surface area contributed by atoms with Crippen molar-refractivity contribution in [1.82, 2.24) is 0 Å². The van der Waals surface area contributed by atoms with Crippen LogP contribution in [0.25, 0.3) is 0 Å². The highest BCUT2D eigenvalue weighted by Gasteiger charge is 2.42. The van der Waals surface area contributed by atoms with Gasteiger partial charge in [0.15, 0.2) is 5.60 Å². The van der Waals surface area contributed by atoms with Crippen molar-refractivity contribution in [3.63, 3.8) is 0 Å². The van der Waals surface area contributed by atoms with Gasteiger partial charge in [0.25, 0.3) is 5.91 Å². The van der Waals surface area contributed by atoms with Crippen LogP contribution in [0, 0.1) is 0 Å². The molecule has 1 aromatic carbocycles. The van der Waals surface area contributed by atoms with Crippen molar-refractivity contribution >= 4 is 17.6 Å². The third-order valence-corrected chi connectivity index (χ3v) is 2.66. The molecule has 1 amide bonds. The van der Waals surface area contributed by atoms with Gasteiger partial charge < -0.3 is 14.8 Å². The van der Waals surface area contributed by atoms with Crippen LogP contribution in [0.1, 0.15) is 13.3 Å². The molecule has 1 unspecified atom stereocenters. The van der Waals surface area contributed by atoms with Crippen molar-refractivity contribution in [3.05, 3.63) is 24.3 Å². The number of hydrogen-bond donors (Lipinski definition) is 1. The van der Waals surface area contributed by atoms with E-state index in [4.69, 9.17) is 4.74 Å². The van der Waals surface area contributed by atoms with Crippen LogP contribution >= 0.6 is 0 Å². The molecular weight excluding hydrogens is 222 g/mol. The lowest BCUT2D eigenvalue weighted by atomic mass is 9.99. The molecule has 1 aliphatic heterocycles. The van der Waals surface area contributed by atoms with E-state index >= 15 is 0 Å². The van der Waals surface area contributed by atoms with E-state index in [2.05, 4.69) is 10.1 Å². The summed E-state index contributed by atoms with van der Waals surface area (Å²) in [6.07, 6.45) is -0.121. The summed E-state index contributed by atoms with van der Waals surface area (Å²) in [6.45, 7) is 1.56. The molecule has 2 rings (SSSR count). The predicted octanol–water partition coefficient (Wildman–Crippen LogP) is 1.34. The molecule has 1 aromatic rings. The molecule has 0 aliphatic carbocycles. The van der Waals surface area contributed by atoms with Crippen molar-refractivity contribution in [2.45, 2.75) is 18.9 Å². The van der Waals surface area contributed by atoms with E-state index in [9.17, 15) is 9.59 Å². The number of amides is 1. The molecule has 0 fully saturated rings. The average molecular weight is 235 g/mol. The third-order valence-electron chi connectivity index (χ3n) is 2.66. The van der Waals surface area contributed by atoms with Crippen molar-refractivity contribution in [2.75, 3.05) is 12.4 Å². The maximum atomic E-state index is 11.9. The Labute approximate surface area is 98.7 Å². The Hall–Kier alpha value is -2.04. The molecule has 90 valence electrons. The predicted molar refractivity (Wildman–Crippen MR) is 60.7 cm³/mol. The Morgan fingerprint density at radius 3 is 2.88 bits per heavy atom. The van der Waals surface area contributed by atoms with Crippen molar-refractivity contribution in [1.29, 1.82) is 0 Å². The first kappa shape index (κ1) is 11.4. The molecule has 0 saturated heterocycles. The van der Waals surface area contributed by atoms with Crippen LogP contribution in [0.5, 0.6) is 5.75 Å². The molecule has 0 spiro atoms. The van der Waals surface area contributed by atoms with Gasteiger partial charge in [-0.1, -0.05) is 12.1 Å². The molecule has 5 heteroatoms. The second-order valence-electron chi connectivity index (χ2n) is 4.04. The van der Waals surface area contributed by atoms with E-state index in [1.807, 2.05) is 0 Å². The summed E-state index contributed by atoms with van der Waals surface area (Å²) in [5.74, 6) is -0.276. The van der Waals surface area contributed by atoms with E-state index in [-0.39, 0.29) is 12.3 Å². The fraction of sp³-hybridized carbons (Fsp3) is 0.333. The summed E-state index contributed by atoms with van der Waals surface area (Å²) in [5, 5.41) is 2.71. The second-order valence-corrected chi connectivity index (χ2v) is 4.04. The van der Waals surface area contributed by atoms with Gasteiger partial charge in [-0.25, -0.2) is 0 Å². The largest absolute Gasteiger partial charge is 0.475 e. The van der Waals surface area contributed by atoms with Crippen LogP contribution in [-0.2, 0) is 14.3 Å². The smallest absolute Gasteiger partial charge is 0.310 e. The monoisotopic (exact) mass is 235 g/mol. The Morgan fingerprint density at radius 1 is 1.47 bits per heavy atom. The molecule has 5 nitrogen and oxygen atoms in total. The highest BCUT2D eigenvalue weighted by Crippen LogP contribution is 2.34. The lowest BCUT2D eigenvalue weighted by Crippen LogP contribution is -2.49. The number of nitrogens with one attached hydrogen (secondary N) is 1. The van der Waals surface area contributed by atoms with Gasteiger partial charge in [0.05, 0.1) is 19.2 Å². The van der Waals surface area contributed by atoms with Gasteiger partial charge in [0.1, 0.15) is 5.75 Å². The summed E-state index contributed by atoms with van der Waals surface area (Å²) < 4.78 is 10.1. The van der Waals surface area contributed by atoms with Gasteiger partial charge in [0, 0.05) is 0 Å². The second kappa shape index (κ2) is 4.08. The Morgan fingerprint density at radius 2 is 2.18 bits per heavy atom. The first-order valence-electron chi connectivity index (χ1n) is 5.21. The first-order chi connectivity index (χ1) is 8.05. The van der Waals surface area contributed by atoms with Gasteiger partial charge >= 0.3 is 5.97 Å². The van der Waals surface area contributed by atoms with Gasteiger partial charge in [0.2, 0.25) is 0 Å². The fourth-order valence-corrected chi connectivity index (χ4v) is 1.67. The van der Waals surface area contributed by atoms with Gasteiger partial charge in [-0.3, -0.25) is 9.59 Å². The quantitative estimate of drug-likeness (QED) is 0.785. The highest BCUT2D eigenvalue weighted by molar-refractivity contribution is 6.02. The van der Waals surface area contributed by atoms with E-state index in [1.165, 1.54) is 7.11 Å². The van der Waals surface area contributed by atoms with E-state index in [1.54, 1.807) is 31.2 Å². The number of carbonyl (C=O) groups is 2. The van der Waals surface area contributed by atoms with Crippen molar-refractivity contribution < 1.29 is 19.1 Å². The summed E-state index contributed by atoms with van der Waals surface area (Å²) in [7, 11) is 1.28. The van der Waals surface area contributed by atoms with Crippen LogP contribution in [0.2, 0.25) is 0 Å². The van der Waals surface area contributed by atoms with Crippen LogP contribution in [-0.4, -0.2) is 24.6 Å². The van der Waals surface area contributed by atoms with E-state index < -0.39 is 11.6 Å². The third kappa shape index (κ3) is 2.08. The first-order valence-corrected chi connectivity index (χ1v) is 5.21. The van der Waals surface area contributed by atoms with E-state index in [0.29, 0.717) is 11.4 Å². The number of fused-ring (bicyclic) bond motifs is 1. The van der Waals surface area contributed by atoms with Crippen LogP contribution in [0.4, 0.5) is 5.69 Å². The van der Waals surface area contributed by atoms with Gasteiger partial charge in [-0.2, -0.15) is 0 Å². The molecule has 1 heterocycles. The number of para-hydroxylation sites is 2. The van der Waals surface area contributed by atoms with Crippen LogP contribution < -0.4 is 10.1 Å². The molecule has 0 aromatic heterocycles. The summed E-state index contributed by atoms with van der Waals surface area (Å²) in [4.78, 5) is 23.1. The topological polar surface area (TPSA) is 64.6 Å². The van der Waals surface area contributed by atoms with Crippen molar-refractivity contribution in [2.24, 2.45) is 0 Å². The SMILES string of the molecule is COC(=O)CC1(C)Oc2ccccc2NC1=O. The molecule has 1 aliphatic rings. The fourth-order valence-electron chi connectivity index (χ4n) is 1.67. The molecule has 17 heavy (non-hydrogen) atoms. The molecule has 0 radical (unpaired) electrons. The number of methoxy groups -OCH3 is 1. The standard InChI is InChI=1S/C12H13NO4/c1-12(7-10(14)16-2)11(15)13-8-5-3-4-6-9(8)17-12/h3-6H,7H2,1-2H3,(H,13,15). The number of esters is 1. The minimum Gasteiger partial charge on any atom is -0.475 e. The summed E-state index contributed by atoms with van der Waals surface area (Å²) >= 11 is 0. The summed E-state index contributed by atoms with van der Waals surface area (Å²) in [6, 6.07) is 7.08. The summed E-state index contributed by atoms with van der Waals surface area (Å²) in [5.41, 5.74) is -0.610. The van der Waals surface area contributed by atoms with Gasteiger partial charge in [-0.05, 0) is 19.1 Å². The molecule has 1 N–H and O–H groups in total. The average Bonchev–Trinajstić information content (AvgIpc) is 2.30. The lowest BCUT2D eigenvalue weighted by molar-refractivity contribution is -0.149. The molecule has 0 saturated carbocycles. The molecular formula is C12H13NO4. The zero-order valence-electron chi connectivity index (χ0n) is 9.65. The minimum absolute atomic E-state index is 0.121. The Bertz CT molecular complexity index is 471. The Balaban J connectivity index is 2.27. The maximum Gasteiger partial charge on any atom is 0.310 e. The zero-order valence-corrected chi connectivity index (χ0v) is 9.65. The van der Waals surface area contributed by atoms with Crippen LogP contribution in [0.3, 0.4) is 0 Å². The number of anilines is 1. The highest BCUT2D eigenvalue weighted by atomic mass is 16.5. The van der Waals surface area contributed by atoms with Gasteiger partial charge in [-0.15, -0.1) is 0 Å². The number of rotatable bonds is 2. The minimum atomic E-state index is -1.22. The number of hydrogen-bond acceptors (Lipinski definition) is 4. The zero-order chi connectivity index (χ0) is 12.5. The lowest BCUT2D eigenvalue weighted by Gasteiger charge is -2.33.